The van der Waals surface area contributed by atoms with Gasteiger partial charge >= 0.3 is 11.7 Å². The number of aromatic nitrogens is 4. The zero-order chi connectivity index (χ0) is 17.9. The Morgan fingerprint density at radius 3 is 2.73 bits per heavy atom. The van der Waals surface area contributed by atoms with Gasteiger partial charge in [-0.15, -0.1) is 5.10 Å². The third-order valence-electron chi connectivity index (χ3n) is 4.06. The van der Waals surface area contributed by atoms with E-state index in [9.17, 15) is 9.59 Å². The SMILES string of the molecule is O=C(Cn1nnc2ccccc21)OCCCn1c(=O)oc2ccccc21. The first-order valence-corrected chi connectivity index (χ1v) is 8.24. The van der Waals surface area contributed by atoms with Crippen LogP contribution in [0.25, 0.3) is 22.1 Å². The second-order valence-corrected chi connectivity index (χ2v) is 5.80. The zero-order valence-electron chi connectivity index (χ0n) is 13.9. The first-order chi connectivity index (χ1) is 12.7. The maximum Gasteiger partial charge on any atom is 0.419 e. The summed E-state index contributed by atoms with van der Waals surface area (Å²) in [7, 11) is 0. The Hall–Kier alpha value is -3.42. The summed E-state index contributed by atoms with van der Waals surface area (Å²) < 4.78 is 13.5. The number of esters is 1. The van der Waals surface area contributed by atoms with E-state index in [1.54, 1.807) is 6.07 Å². The van der Waals surface area contributed by atoms with Gasteiger partial charge in [-0.1, -0.05) is 29.5 Å². The number of oxazole rings is 1. The number of carbonyl (C=O) groups is 1. The molecule has 4 aromatic rings. The molecule has 0 unspecified atom stereocenters. The highest BCUT2D eigenvalue weighted by Crippen LogP contribution is 2.12. The largest absolute Gasteiger partial charge is 0.464 e. The smallest absolute Gasteiger partial charge is 0.419 e. The lowest BCUT2D eigenvalue weighted by molar-refractivity contribution is -0.144. The highest BCUT2D eigenvalue weighted by molar-refractivity contribution is 5.77. The summed E-state index contributed by atoms with van der Waals surface area (Å²) in [5.74, 6) is -0.809. The molecule has 0 aliphatic rings. The summed E-state index contributed by atoms with van der Waals surface area (Å²) in [6.45, 7) is 0.613. The summed E-state index contributed by atoms with van der Waals surface area (Å²) in [6, 6.07) is 14.6. The molecule has 132 valence electrons. The van der Waals surface area contributed by atoms with Crippen LogP contribution in [0.4, 0.5) is 0 Å². The van der Waals surface area contributed by atoms with Gasteiger partial charge in [0.15, 0.2) is 5.58 Å². The number of para-hydroxylation sites is 3. The van der Waals surface area contributed by atoms with E-state index >= 15 is 0 Å². The predicted molar refractivity (Wildman–Crippen MR) is 93.6 cm³/mol. The third kappa shape index (κ3) is 3.08. The molecule has 26 heavy (non-hydrogen) atoms. The molecule has 0 atom stereocenters. The van der Waals surface area contributed by atoms with Crippen LogP contribution in [0.2, 0.25) is 0 Å². The van der Waals surface area contributed by atoms with E-state index in [1.165, 1.54) is 9.25 Å². The van der Waals surface area contributed by atoms with Crippen molar-refractivity contribution >= 4 is 28.1 Å². The number of ether oxygens (including phenoxy) is 1. The van der Waals surface area contributed by atoms with Crippen LogP contribution in [0.1, 0.15) is 6.42 Å². The number of fused-ring (bicyclic) bond motifs is 2. The lowest BCUT2D eigenvalue weighted by Crippen LogP contribution is -2.18. The number of hydrogen-bond acceptors (Lipinski definition) is 6. The summed E-state index contributed by atoms with van der Waals surface area (Å²) in [6.07, 6.45) is 0.507. The van der Waals surface area contributed by atoms with Gasteiger partial charge in [0.2, 0.25) is 0 Å². The number of nitrogens with zero attached hydrogens (tertiary/aromatic N) is 4. The first kappa shape index (κ1) is 16.1. The molecule has 0 aliphatic heterocycles. The number of rotatable bonds is 6. The Kier molecular flexibility index (Phi) is 4.22. The Balaban J connectivity index is 1.32. The van der Waals surface area contributed by atoms with Crippen LogP contribution in [-0.4, -0.2) is 32.1 Å². The fourth-order valence-electron chi connectivity index (χ4n) is 2.84. The van der Waals surface area contributed by atoms with Crippen molar-refractivity contribution < 1.29 is 13.9 Å². The number of benzene rings is 2. The lowest BCUT2D eigenvalue weighted by atomic mass is 10.3. The minimum atomic E-state index is -0.411. The molecule has 0 aliphatic carbocycles. The second kappa shape index (κ2) is 6.83. The van der Waals surface area contributed by atoms with Crippen LogP contribution in [0.15, 0.2) is 57.7 Å². The van der Waals surface area contributed by atoms with Crippen LogP contribution in [0.3, 0.4) is 0 Å². The van der Waals surface area contributed by atoms with Gasteiger partial charge in [0.05, 0.1) is 17.6 Å². The van der Waals surface area contributed by atoms with E-state index < -0.39 is 11.7 Å². The van der Waals surface area contributed by atoms with Crippen LogP contribution in [-0.2, 0) is 22.6 Å². The molecule has 2 aromatic carbocycles. The number of hydrogen-bond donors (Lipinski definition) is 0. The van der Waals surface area contributed by atoms with Gasteiger partial charge < -0.3 is 9.15 Å². The Morgan fingerprint density at radius 1 is 1.08 bits per heavy atom. The van der Waals surface area contributed by atoms with Gasteiger partial charge in [-0.05, 0) is 30.7 Å². The maximum atomic E-state index is 12.0. The molecule has 0 bridgehead atoms. The van der Waals surface area contributed by atoms with E-state index in [1.807, 2.05) is 42.5 Å². The highest BCUT2D eigenvalue weighted by atomic mass is 16.5. The highest BCUT2D eigenvalue weighted by Gasteiger charge is 2.11. The quantitative estimate of drug-likeness (QED) is 0.389. The molecule has 0 spiro atoms. The van der Waals surface area contributed by atoms with Gasteiger partial charge in [0, 0.05) is 6.54 Å². The molecule has 0 fully saturated rings. The topological polar surface area (TPSA) is 92.2 Å². The summed E-state index contributed by atoms with van der Waals surface area (Å²) in [4.78, 5) is 23.9. The van der Waals surface area contributed by atoms with Gasteiger partial charge in [0.1, 0.15) is 12.1 Å². The summed E-state index contributed by atoms with van der Waals surface area (Å²) in [5.41, 5.74) is 2.79. The van der Waals surface area contributed by atoms with Crippen molar-refractivity contribution in [1.82, 2.24) is 19.6 Å². The molecule has 4 rings (SSSR count). The van der Waals surface area contributed by atoms with Crippen LogP contribution in [0, 0.1) is 0 Å². The second-order valence-electron chi connectivity index (χ2n) is 5.80. The van der Waals surface area contributed by atoms with Gasteiger partial charge in [-0.2, -0.15) is 0 Å². The normalized spacial score (nSPS) is 11.2. The van der Waals surface area contributed by atoms with E-state index in [4.69, 9.17) is 9.15 Å². The monoisotopic (exact) mass is 352 g/mol. The molecule has 2 heterocycles. The van der Waals surface area contributed by atoms with Crippen molar-refractivity contribution in [3.05, 3.63) is 59.1 Å². The average molecular weight is 352 g/mol. The molecular formula is C18H16N4O4. The first-order valence-electron chi connectivity index (χ1n) is 8.24. The van der Waals surface area contributed by atoms with Crippen molar-refractivity contribution in [3.63, 3.8) is 0 Å². The standard InChI is InChI=1S/C18H16N4O4/c23-17(12-22-14-7-2-1-6-13(14)19-20-22)25-11-5-10-21-15-8-3-4-9-16(15)26-18(21)24/h1-4,6-9H,5,10-12H2. The minimum absolute atomic E-state index is 0.00486. The van der Waals surface area contributed by atoms with Crippen LogP contribution in [0.5, 0.6) is 0 Å². The van der Waals surface area contributed by atoms with E-state index in [2.05, 4.69) is 10.3 Å². The molecule has 8 nitrogen and oxygen atoms in total. The van der Waals surface area contributed by atoms with E-state index in [0.29, 0.717) is 18.5 Å². The predicted octanol–water partition coefficient (Wildman–Crippen LogP) is 1.97. The molecule has 2 aromatic heterocycles. The molecule has 8 heteroatoms. The number of carbonyl (C=O) groups excluding carboxylic acids is 1. The summed E-state index contributed by atoms with van der Waals surface area (Å²) >= 11 is 0. The molecular weight excluding hydrogens is 336 g/mol. The Labute approximate surface area is 147 Å². The van der Waals surface area contributed by atoms with Crippen molar-refractivity contribution in [3.8, 4) is 0 Å². The van der Waals surface area contributed by atoms with Gasteiger partial charge in [0.25, 0.3) is 0 Å². The molecule has 0 saturated carbocycles. The van der Waals surface area contributed by atoms with Crippen LogP contribution >= 0.6 is 0 Å². The van der Waals surface area contributed by atoms with Crippen LogP contribution < -0.4 is 5.76 Å². The average Bonchev–Trinajstić information content (AvgIpc) is 3.20. The van der Waals surface area contributed by atoms with Crippen molar-refractivity contribution in [2.75, 3.05) is 6.61 Å². The van der Waals surface area contributed by atoms with Gasteiger partial charge in [-0.25, -0.2) is 9.48 Å². The molecule has 0 radical (unpaired) electrons. The molecule has 0 saturated heterocycles. The zero-order valence-corrected chi connectivity index (χ0v) is 13.9. The van der Waals surface area contributed by atoms with Crippen molar-refractivity contribution in [2.45, 2.75) is 19.5 Å². The van der Waals surface area contributed by atoms with Crippen molar-refractivity contribution in [2.24, 2.45) is 0 Å². The molecule has 0 amide bonds. The van der Waals surface area contributed by atoms with E-state index in [-0.39, 0.29) is 13.2 Å². The fraction of sp³-hybridized carbons (Fsp3) is 0.222. The van der Waals surface area contributed by atoms with Gasteiger partial charge in [-0.3, -0.25) is 9.36 Å². The lowest BCUT2D eigenvalue weighted by Gasteiger charge is -2.06. The van der Waals surface area contributed by atoms with E-state index in [0.717, 1.165) is 16.6 Å². The maximum absolute atomic E-state index is 12.0. The molecule has 0 N–H and O–H groups in total. The minimum Gasteiger partial charge on any atom is -0.464 e. The third-order valence-corrected chi connectivity index (χ3v) is 4.06. The number of aryl methyl sites for hydroxylation is 1. The Morgan fingerprint density at radius 2 is 1.85 bits per heavy atom. The van der Waals surface area contributed by atoms with Crippen molar-refractivity contribution in [1.29, 1.82) is 0 Å². The summed E-state index contributed by atoms with van der Waals surface area (Å²) in [5, 5.41) is 7.96. The fourth-order valence-corrected chi connectivity index (χ4v) is 2.84. The Bertz CT molecular complexity index is 1120.